The number of methoxy groups -OCH3 is 1. The van der Waals surface area contributed by atoms with Gasteiger partial charge in [-0.2, -0.15) is 0 Å². The van der Waals surface area contributed by atoms with Gasteiger partial charge in [0.2, 0.25) is 0 Å². The van der Waals surface area contributed by atoms with Gasteiger partial charge in [0, 0.05) is 13.1 Å². The van der Waals surface area contributed by atoms with E-state index in [2.05, 4.69) is 10.6 Å². The molecule has 0 spiro atoms. The highest BCUT2D eigenvalue weighted by Crippen LogP contribution is 2.13. The van der Waals surface area contributed by atoms with Gasteiger partial charge in [-0.05, 0) is 41.8 Å². The van der Waals surface area contributed by atoms with E-state index >= 15 is 0 Å². The highest BCUT2D eigenvalue weighted by Gasteiger charge is 2.09. The number of carbonyl (C=O) groups excluding carboxylic acids is 1. The molecule has 0 aliphatic carbocycles. The van der Waals surface area contributed by atoms with Gasteiger partial charge in [-0.15, -0.1) is 0 Å². The molecule has 128 valence electrons. The Balaban J connectivity index is 1.69. The van der Waals surface area contributed by atoms with Crippen LogP contribution in [0.4, 0.5) is 9.18 Å². The number of hydrogen-bond donors (Lipinski definition) is 3. The maximum Gasteiger partial charge on any atom is 0.314 e. The molecule has 2 aromatic carbocycles. The van der Waals surface area contributed by atoms with E-state index in [1.807, 2.05) is 24.3 Å². The zero-order valence-corrected chi connectivity index (χ0v) is 13.5. The molecular weight excluding hydrogens is 311 g/mol. The second-order valence-corrected chi connectivity index (χ2v) is 5.31. The number of ether oxygens (including phenoxy) is 1. The molecule has 0 aliphatic heterocycles. The molecule has 2 amide bonds. The maximum absolute atomic E-state index is 13.1. The quantitative estimate of drug-likeness (QED) is 0.729. The van der Waals surface area contributed by atoms with Crippen LogP contribution in [-0.4, -0.2) is 31.3 Å². The Hall–Kier alpha value is -2.60. The summed E-state index contributed by atoms with van der Waals surface area (Å²) in [6.07, 6.45) is -0.267. The average molecular weight is 332 g/mol. The number of rotatable bonds is 7. The van der Waals surface area contributed by atoms with E-state index in [1.54, 1.807) is 13.2 Å². The first-order chi connectivity index (χ1) is 11.6. The highest BCUT2D eigenvalue weighted by atomic mass is 19.1. The Kier molecular flexibility index (Phi) is 6.57. The fraction of sp³-hybridized carbons (Fsp3) is 0.278. The third-order valence-corrected chi connectivity index (χ3v) is 3.55. The Labute approximate surface area is 140 Å². The van der Waals surface area contributed by atoms with Crippen molar-refractivity contribution >= 4 is 6.03 Å². The van der Waals surface area contributed by atoms with Gasteiger partial charge in [-0.3, -0.25) is 0 Å². The molecule has 3 N–H and O–H groups in total. The molecule has 2 rings (SSSR count). The average Bonchev–Trinajstić information content (AvgIpc) is 2.60. The summed E-state index contributed by atoms with van der Waals surface area (Å²) in [7, 11) is 1.61. The van der Waals surface area contributed by atoms with Crippen molar-refractivity contribution in [2.45, 2.75) is 12.5 Å². The van der Waals surface area contributed by atoms with Crippen molar-refractivity contribution in [3.63, 3.8) is 0 Å². The van der Waals surface area contributed by atoms with Crippen LogP contribution in [-0.2, 0) is 6.42 Å². The number of nitrogens with one attached hydrogen (secondary N) is 2. The lowest BCUT2D eigenvalue weighted by Gasteiger charge is -2.13. The van der Waals surface area contributed by atoms with Crippen molar-refractivity contribution in [2.75, 3.05) is 20.2 Å². The summed E-state index contributed by atoms with van der Waals surface area (Å²) in [6, 6.07) is 12.9. The van der Waals surface area contributed by atoms with Crippen LogP contribution in [0, 0.1) is 5.82 Å². The van der Waals surface area contributed by atoms with Crippen LogP contribution < -0.4 is 15.4 Å². The molecule has 6 heteroatoms. The molecule has 24 heavy (non-hydrogen) atoms. The van der Waals surface area contributed by atoms with Crippen molar-refractivity contribution < 1.29 is 19.0 Å². The number of aliphatic hydroxyl groups excluding tert-OH is 1. The standard InChI is InChI=1S/C18H21FN2O3/c1-24-16-7-5-13(6-8-16)9-10-20-18(23)21-12-17(22)14-3-2-4-15(19)11-14/h2-8,11,17,22H,9-10,12H2,1H3,(H2,20,21,23)/t17-/m1/s1. The summed E-state index contributed by atoms with van der Waals surface area (Å²) < 4.78 is 18.2. The fourth-order valence-electron chi connectivity index (χ4n) is 2.20. The molecule has 1 atom stereocenters. The highest BCUT2D eigenvalue weighted by molar-refractivity contribution is 5.73. The molecule has 0 heterocycles. The van der Waals surface area contributed by atoms with Crippen molar-refractivity contribution in [2.24, 2.45) is 0 Å². The molecular formula is C18H21FN2O3. The first-order valence-electron chi connectivity index (χ1n) is 7.66. The maximum atomic E-state index is 13.1. The molecule has 0 saturated heterocycles. The minimum atomic E-state index is -0.951. The second kappa shape index (κ2) is 8.88. The molecule has 0 aromatic heterocycles. The molecule has 2 aromatic rings. The van der Waals surface area contributed by atoms with Crippen LogP contribution >= 0.6 is 0 Å². The molecule has 0 saturated carbocycles. The summed E-state index contributed by atoms with van der Waals surface area (Å²) in [6.45, 7) is 0.478. The summed E-state index contributed by atoms with van der Waals surface area (Å²) in [4.78, 5) is 11.7. The number of hydrogen-bond acceptors (Lipinski definition) is 3. The van der Waals surface area contributed by atoms with E-state index < -0.39 is 11.9 Å². The third kappa shape index (κ3) is 5.55. The molecule has 0 radical (unpaired) electrons. The van der Waals surface area contributed by atoms with E-state index in [0.29, 0.717) is 18.5 Å². The number of amides is 2. The van der Waals surface area contributed by atoms with Crippen LogP contribution in [0.5, 0.6) is 5.75 Å². The van der Waals surface area contributed by atoms with E-state index in [4.69, 9.17) is 4.74 Å². The van der Waals surface area contributed by atoms with E-state index in [-0.39, 0.29) is 12.6 Å². The number of halogens is 1. The summed E-state index contributed by atoms with van der Waals surface area (Å²) in [5.41, 5.74) is 1.50. The van der Waals surface area contributed by atoms with Crippen LogP contribution in [0.2, 0.25) is 0 Å². The monoisotopic (exact) mass is 332 g/mol. The Morgan fingerprint density at radius 3 is 2.62 bits per heavy atom. The van der Waals surface area contributed by atoms with Gasteiger partial charge in [0.1, 0.15) is 11.6 Å². The van der Waals surface area contributed by atoms with Crippen LogP contribution in [0.25, 0.3) is 0 Å². The summed E-state index contributed by atoms with van der Waals surface area (Å²) >= 11 is 0. The lowest BCUT2D eigenvalue weighted by atomic mass is 10.1. The second-order valence-electron chi connectivity index (χ2n) is 5.31. The topological polar surface area (TPSA) is 70.6 Å². The Morgan fingerprint density at radius 1 is 1.21 bits per heavy atom. The van der Waals surface area contributed by atoms with Gasteiger partial charge >= 0.3 is 6.03 Å². The third-order valence-electron chi connectivity index (χ3n) is 3.55. The lowest BCUT2D eigenvalue weighted by molar-refractivity contribution is 0.173. The molecule has 0 unspecified atom stereocenters. The first kappa shape index (κ1) is 17.7. The van der Waals surface area contributed by atoms with E-state index in [1.165, 1.54) is 18.2 Å². The van der Waals surface area contributed by atoms with Crippen molar-refractivity contribution in [3.8, 4) is 5.75 Å². The summed E-state index contributed by atoms with van der Waals surface area (Å²) in [5, 5.41) is 15.2. The number of urea groups is 1. The van der Waals surface area contributed by atoms with Gasteiger partial charge in [-0.25, -0.2) is 9.18 Å². The number of benzene rings is 2. The van der Waals surface area contributed by atoms with Crippen LogP contribution in [0.15, 0.2) is 48.5 Å². The Morgan fingerprint density at radius 2 is 1.96 bits per heavy atom. The van der Waals surface area contributed by atoms with Gasteiger partial charge in [0.15, 0.2) is 0 Å². The van der Waals surface area contributed by atoms with E-state index in [0.717, 1.165) is 11.3 Å². The van der Waals surface area contributed by atoms with Crippen molar-refractivity contribution in [1.29, 1.82) is 0 Å². The van der Waals surface area contributed by atoms with Crippen molar-refractivity contribution in [3.05, 3.63) is 65.5 Å². The molecule has 0 fully saturated rings. The van der Waals surface area contributed by atoms with Gasteiger partial charge in [-0.1, -0.05) is 24.3 Å². The zero-order chi connectivity index (χ0) is 17.4. The van der Waals surface area contributed by atoms with Crippen LogP contribution in [0.3, 0.4) is 0 Å². The van der Waals surface area contributed by atoms with Crippen molar-refractivity contribution in [1.82, 2.24) is 10.6 Å². The fourth-order valence-corrected chi connectivity index (χ4v) is 2.20. The molecule has 0 bridgehead atoms. The molecule has 5 nitrogen and oxygen atoms in total. The number of carbonyl (C=O) groups is 1. The predicted molar refractivity (Wildman–Crippen MR) is 89.5 cm³/mol. The van der Waals surface area contributed by atoms with Gasteiger partial charge in [0.25, 0.3) is 0 Å². The SMILES string of the molecule is COc1ccc(CCNC(=O)NC[C@@H](O)c2cccc(F)c2)cc1. The number of aliphatic hydroxyl groups is 1. The lowest BCUT2D eigenvalue weighted by Crippen LogP contribution is -2.38. The minimum Gasteiger partial charge on any atom is -0.497 e. The van der Waals surface area contributed by atoms with Gasteiger partial charge in [0.05, 0.1) is 13.2 Å². The largest absolute Gasteiger partial charge is 0.497 e. The first-order valence-corrected chi connectivity index (χ1v) is 7.66. The Bertz CT molecular complexity index is 662. The van der Waals surface area contributed by atoms with Gasteiger partial charge < -0.3 is 20.5 Å². The predicted octanol–water partition coefficient (Wildman–Crippen LogP) is 2.41. The van der Waals surface area contributed by atoms with Crippen LogP contribution in [0.1, 0.15) is 17.2 Å². The van der Waals surface area contributed by atoms with E-state index in [9.17, 15) is 14.3 Å². The minimum absolute atomic E-state index is 0.0117. The normalized spacial score (nSPS) is 11.6. The summed E-state index contributed by atoms with van der Waals surface area (Å²) in [5.74, 6) is 0.367. The zero-order valence-electron chi connectivity index (χ0n) is 13.5. The smallest absolute Gasteiger partial charge is 0.314 e. The molecule has 0 aliphatic rings.